The van der Waals surface area contributed by atoms with E-state index in [0.717, 1.165) is 18.4 Å². The Bertz CT molecular complexity index is 1020. The highest BCUT2D eigenvalue weighted by Crippen LogP contribution is 2.37. The van der Waals surface area contributed by atoms with E-state index in [1.807, 2.05) is 26.8 Å². The van der Waals surface area contributed by atoms with Crippen LogP contribution in [0.2, 0.25) is 0 Å². The van der Waals surface area contributed by atoms with Crippen molar-refractivity contribution in [1.82, 2.24) is 0 Å². The number of unbranched alkanes of at least 4 members (excludes halogenated alkanes) is 2. The van der Waals surface area contributed by atoms with Crippen molar-refractivity contribution < 1.29 is 39.8 Å². The first-order valence-electron chi connectivity index (χ1n) is 12.7. The molecule has 0 aromatic heterocycles. The van der Waals surface area contributed by atoms with Crippen molar-refractivity contribution in [2.45, 2.75) is 84.2 Å². The van der Waals surface area contributed by atoms with Gasteiger partial charge < -0.3 is 35.0 Å². The van der Waals surface area contributed by atoms with Gasteiger partial charge in [-0.1, -0.05) is 23.3 Å². The molecule has 0 amide bonds. The summed E-state index contributed by atoms with van der Waals surface area (Å²) in [6.07, 6.45) is 9.35. The van der Waals surface area contributed by atoms with E-state index in [1.54, 1.807) is 0 Å². The molecule has 0 bridgehead atoms. The molecule has 204 valence electrons. The van der Waals surface area contributed by atoms with Crippen molar-refractivity contribution in [1.29, 1.82) is 0 Å². The zero-order valence-corrected chi connectivity index (χ0v) is 21.9. The van der Waals surface area contributed by atoms with Crippen LogP contribution in [0.1, 0.15) is 74.4 Å². The molecule has 8 heteroatoms. The molecule has 8 nitrogen and oxygen atoms in total. The minimum Gasteiger partial charge on any atom is -0.508 e. The van der Waals surface area contributed by atoms with E-state index in [1.165, 1.54) is 11.6 Å². The van der Waals surface area contributed by atoms with Crippen LogP contribution in [0.3, 0.4) is 0 Å². The van der Waals surface area contributed by atoms with Gasteiger partial charge in [-0.15, -0.1) is 12.3 Å². The summed E-state index contributed by atoms with van der Waals surface area (Å²) >= 11 is 0. The van der Waals surface area contributed by atoms with Gasteiger partial charge in [-0.05, 0) is 70.9 Å². The molecule has 37 heavy (non-hydrogen) atoms. The first kappa shape index (κ1) is 30.4. The fourth-order valence-electron chi connectivity index (χ4n) is 4.24. The molecule has 1 aromatic carbocycles. The highest BCUT2D eigenvalue weighted by Gasteiger charge is 2.38. The lowest BCUT2D eigenvalue weighted by Crippen LogP contribution is -2.51. The van der Waals surface area contributed by atoms with Gasteiger partial charge in [-0.3, -0.25) is 0 Å². The predicted molar refractivity (Wildman–Crippen MR) is 141 cm³/mol. The summed E-state index contributed by atoms with van der Waals surface area (Å²) in [4.78, 5) is 12.4. The number of aliphatic hydroxyl groups excluding tert-OH is 3. The Morgan fingerprint density at radius 2 is 1.92 bits per heavy atom. The molecule has 2 rings (SSSR count). The topological polar surface area (TPSA) is 137 Å². The maximum atomic E-state index is 12.4. The van der Waals surface area contributed by atoms with Gasteiger partial charge in [0, 0.05) is 17.9 Å². The number of carboxylic acid groups (broad SMARTS) is 1. The molecule has 1 aliphatic heterocycles. The normalized spacial score (nSPS) is 21.8. The molecule has 0 spiro atoms. The summed E-state index contributed by atoms with van der Waals surface area (Å²) in [6.45, 7) is 5.79. The Labute approximate surface area is 219 Å². The van der Waals surface area contributed by atoms with Crippen LogP contribution in [0.25, 0.3) is 0 Å². The fourth-order valence-corrected chi connectivity index (χ4v) is 4.24. The van der Waals surface area contributed by atoms with E-state index >= 15 is 0 Å². The van der Waals surface area contributed by atoms with Crippen LogP contribution in [0.5, 0.6) is 11.5 Å². The number of terminal acetylenes is 1. The minimum atomic E-state index is -1.51. The van der Waals surface area contributed by atoms with Crippen molar-refractivity contribution in [2.24, 2.45) is 5.92 Å². The van der Waals surface area contributed by atoms with Crippen LogP contribution in [0, 0.1) is 18.3 Å². The molecule has 0 aliphatic carbocycles. The van der Waals surface area contributed by atoms with E-state index < -0.39 is 30.4 Å². The molecule has 0 radical (unpaired) electrons. The second kappa shape index (κ2) is 14.8. The van der Waals surface area contributed by atoms with Gasteiger partial charge >= 0.3 is 5.97 Å². The molecule has 1 heterocycles. The van der Waals surface area contributed by atoms with Gasteiger partial charge in [0.2, 0.25) is 0 Å². The molecular formula is C29H40O8. The third kappa shape index (κ3) is 8.90. The lowest BCUT2D eigenvalue weighted by atomic mass is 9.94. The third-order valence-corrected chi connectivity index (χ3v) is 6.47. The maximum absolute atomic E-state index is 12.4. The predicted octanol–water partition coefficient (Wildman–Crippen LogP) is 3.74. The largest absolute Gasteiger partial charge is 0.508 e. The van der Waals surface area contributed by atoms with Crippen molar-refractivity contribution in [3.05, 3.63) is 46.1 Å². The molecule has 5 N–H and O–H groups in total. The van der Waals surface area contributed by atoms with Crippen LogP contribution >= 0.6 is 0 Å². The standard InChI is InChI=1S/C29H40O8/c1-5-6-7-8-12-20-15-23(30)22(14-13-19(4)11-9-10-18(2)3)27(24(20)28(33)34)36-16-21-17-37-29(35)26(32)25(21)31/h1,10,13,15,21,25-26,29-32,35H,6-9,11-12,14,16-17H2,2-4H3,(H,33,34)/b19-13+/t21-,25+,26-,29-/m0/s1. The average molecular weight is 517 g/mol. The van der Waals surface area contributed by atoms with Gasteiger partial charge in [0.25, 0.3) is 0 Å². The Morgan fingerprint density at radius 3 is 2.57 bits per heavy atom. The Kier molecular flexibility index (Phi) is 12.2. The summed E-state index contributed by atoms with van der Waals surface area (Å²) in [5.41, 5.74) is 3.04. The van der Waals surface area contributed by atoms with Crippen LogP contribution < -0.4 is 4.74 Å². The van der Waals surface area contributed by atoms with Gasteiger partial charge in [-0.2, -0.15) is 0 Å². The second-order valence-electron chi connectivity index (χ2n) is 9.80. The van der Waals surface area contributed by atoms with Gasteiger partial charge in [0.15, 0.2) is 6.29 Å². The number of aromatic carboxylic acids is 1. The highest BCUT2D eigenvalue weighted by molar-refractivity contribution is 5.94. The number of phenols is 1. The summed E-state index contributed by atoms with van der Waals surface area (Å²) in [7, 11) is 0. The van der Waals surface area contributed by atoms with Crippen LogP contribution in [0.4, 0.5) is 0 Å². The first-order chi connectivity index (χ1) is 17.6. The number of carboxylic acids is 1. The van der Waals surface area contributed by atoms with Crippen LogP contribution in [-0.4, -0.2) is 63.2 Å². The SMILES string of the molecule is C#CCCCCc1cc(O)c(C/C=C(\C)CCC=C(C)C)c(OC[C@H]2CO[C@H](O)[C@@H](O)[C@@H]2O)c1C(=O)O. The Hall–Kier alpha value is -2.83. The molecule has 0 saturated carbocycles. The number of phenolic OH excluding ortho intramolecular Hbond substituents is 1. The second-order valence-corrected chi connectivity index (χ2v) is 9.80. The molecule has 1 fully saturated rings. The Balaban J connectivity index is 2.39. The maximum Gasteiger partial charge on any atom is 0.339 e. The highest BCUT2D eigenvalue weighted by atomic mass is 16.6. The number of carbonyl (C=O) groups is 1. The summed E-state index contributed by atoms with van der Waals surface area (Å²) in [5.74, 6) is 0.616. The lowest BCUT2D eigenvalue weighted by Gasteiger charge is -2.35. The molecule has 4 atom stereocenters. The number of hydrogen-bond acceptors (Lipinski definition) is 7. The quantitative estimate of drug-likeness (QED) is 0.152. The summed E-state index contributed by atoms with van der Waals surface area (Å²) in [6, 6.07) is 1.48. The molecule has 1 saturated heterocycles. The van der Waals surface area contributed by atoms with Gasteiger partial charge in [-0.25, -0.2) is 4.79 Å². The molecule has 0 unspecified atom stereocenters. The number of benzene rings is 1. The number of rotatable bonds is 13. The summed E-state index contributed by atoms with van der Waals surface area (Å²) < 4.78 is 11.1. The monoisotopic (exact) mass is 516 g/mol. The fraction of sp³-hybridized carbons (Fsp3) is 0.552. The van der Waals surface area contributed by atoms with Crippen LogP contribution in [0.15, 0.2) is 29.4 Å². The zero-order valence-electron chi connectivity index (χ0n) is 21.9. The molecule has 1 aromatic rings. The van der Waals surface area contributed by atoms with E-state index in [2.05, 4.69) is 12.0 Å². The van der Waals surface area contributed by atoms with E-state index in [9.17, 15) is 30.3 Å². The third-order valence-electron chi connectivity index (χ3n) is 6.47. The van der Waals surface area contributed by atoms with Crippen LogP contribution in [-0.2, 0) is 17.6 Å². The number of aromatic hydroxyl groups is 1. The van der Waals surface area contributed by atoms with E-state index in [4.69, 9.17) is 15.9 Å². The van der Waals surface area contributed by atoms with Gasteiger partial charge in [0.1, 0.15) is 23.2 Å². The van der Waals surface area contributed by atoms with Crippen molar-refractivity contribution in [3.8, 4) is 23.8 Å². The average Bonchev–Trinajstić information content (AvgIpc) is 2.83. The number of aliphatic hydroxyl groups is 3. The summed E-state index contributed by atoms with van der Waals surface area (Å²) in [5, 5.41) is 50.9. The number of ether oxygens (including phenoxy) is 2. The number of allylic oxidation sites excluding steroid dienone is 4. The van der Waals surface area contributed by atoms with E-state index in [-0.39, 0.29) is 36.7 Å². The van der Waals surface area contributed by atoms with Crippen molar-refractivity contribution in [3.63, 3.8) is 0 Å². The first-order valence-corrected chi connectivity index (χ1v) is 12.7. The lowest BCUT2D eigenvalue weighted by molar-refractivity contribution is -0.242. The van der Waals surface area contributed by atoms with Crippen molar-refractivity contribution >= 4 is 5.97 Å². The smallest absolute Gasteiger partial charge is 0.339 e. The number of hydrogen-bond donors (Lipinski definition) is 5. The van der Waals surface area contributed by atoms with Crippen molar-refractivity contribution in [2.75, 3.05) is 13.2 Å². The Morgan fingerprint density at radius 1 is 1.19 bits per heavy atom. The molecular weight excluding hydrogens is 476 g/mol. The molecule has 1 aliphatic rings. The van der Waals surface area contributed by atoms with E-state index in [0.29, 0.717) is 36.8 Å². The zero-order chi connectivity index (χ0) is 27.5. The van der Waals surface area contributed by atoms with Gasteiger partial charge in [0.05, 0.1) is 19.3 Å². The minimum absolute atomic E-state index is 0.0283. The number of aryl methyl sites for hydroxylation is 1.